The molecule has 0 fully saturated rings. The van der Waals surface area contributed by atoms with Gasteiger partial charge in [0.2, 0.25) is 0 Å². The van der Waals surface area contributed by atoms with Crippen LogP contribution in [-0.4, -0.2) is 24.0 Å². The highest BCUT2D eigenvalue weighted by Crippen LogP contribution is 2.32. The summed E-state index contributed by atoms with van der Waals surface area (Å²) in [5.74, 6) is -0.476. The van der Waals surface area contributed by atoms with Crippen LogP contribution in [-0.2, 0) is 9.53 Å². The van der Waals surface area contributed by atoms with E-state index in [1.807, 2.05) is 24.3 Å². The molecule has 84 valence electrons. The van der Waals surface area contributed by atoms with Gasteiger partial charge < -0.3 is 9.94 Å². The summed E-state index contributed by atoms with van der Waals surface area (Å²) >= 11 is 0. The van der Waals surface area contributed by atoms with E-state index in [0.29, 0.717) is 18.6 Å². The first-order valence-corrected chi connectivity index (χ1v) is 5.16. The van der Waals surface area contributed by atoms with Gasteiger partial charge >= 0.3 is 5.97 Å². The molecule has 1 N–H and O–H groups in total. The van der Waals surface area contributed by atoms with Gasteiger partial charge in [-0.3, -0.25) is 4.79 Å². The van der Waals surface area contributed by atoms with Crippen LogP contribution in [0.4, 0.5) is 0 Å². The summed E-state index contributed by atoms with van der Waals surface area (Å²) in [6, 6.07) is 7.47. The fourth-order valence-electron chi connectivity index (χ4n) is 2.13. The van der Waals surface area contributed by atoms with Crippen LogP contribution < -0.4 is 0 Å². The number of oxime groups is 1. The Hall–Kier alpha value is -1.84. The normalized spacial score (nSPS) is 21.6. The maximum Gasteiger partial charge on any atom is 0.313 e. The molecule has 0 saturated heterocycles. The third kappa shape index (κ3) is 1.66. The molecular weight excluding hydrogens is 206 g/mol. The van der Waals surface area contributed by atoms with Crippen LogP contribution in [0, 0.1) is 0 Å². The molecule has 1 aliphatic carbocycles. The van der Waals surface area contributed by atoms with Gasteiger partial charge in [0.15, 0.2) is 0 Å². The predicted octanol–water partition coefficient (Wildman–Crippen LogP) is 1.92. The van der Waals surface area contributed by atoms with Gasteiger partial charge in [-0.05, 0) is 18.4 Å². The van der Waals surface area contributed by atoms with Crippen LogP contribution in [0.15, 0.2) is 29.4 Å². The van der Waals surface area contributed by atoms with E-state index in [2.05, 4.69) is 5.16 Å². The molecule has 1 aromatic carbocycles. The second-order valence-electron chi connectivity index (χ2n) is 3.75. The molecule has 1 aromatic rings. The number of esters is 1. The number of hydrogen-bond donors (Lipinski definition) is 1. The fraction of sp³-hybridized carbons (Fsp3) is 0.333. The molecule has 4 heteroatoms. The highest BCUT2D eigenvalue weighted by Gasteiger charge is 2.29. The molecule has 0 aromatic heterocycles. The first kappa shape index (κ1) is 10.7. The summed E-state index contributed by atoms with van der Waals surface area (Å²) in [6.07, 6.45) is 1.22. The molecule has 0 bridgehead atoms. The monoisotopic (exact) mass is 219 g/mol. The summed E-state index contributed by atoms with van der Waals surface area (Å²) in [5.41, 5.74) is 2.36. The minimum atomic E-state index is -0.244. The number of carbonyl (C=O) groups is 1. The van der Waals surface area contributed by atoms with Crippen LogP contribution in [0.2, 0.25) is 0 Å². The molecule has 0 amide bonds. The topological polar surface area (TPSA) is 58.9 Å². The number of carbonyl (C=O) groups excluding carboxylic acids is 1. The van der Waals surface area contributed by atoms with Crippen molar-refractivity contribution in [1.29, 1.82) is 0 Å². The van der Waals surface area contributed by atoms with E-state index in [9.17, 15) is 4.79 Å². The highest BCUT2D eigenvalue weighted by atomic mass is 16.5. The maximum absolute atomic E-state index is 11.6. The highest BCUT2D eigenvalue weighted by molar-refractivity contribution is 6.04. The fourth-order valence-corrected chi connectivity index (χ4v) is 2.13. The molecule has 4 nitrogen and oxygen atoms in total. The number of nitrogens with zero attached hydrogens (tertiary/aromatic N) is 1. The third-order valence-corrected chi connectivity index (χ3v) is 2.92. The second-order valence-corrected chi connectivity index (χ2v) is 3.75. The molecule has 1 aliphatic rings. The molecule has 2 rings (SSSR count). The third-order valence-electron chi connectivity index (χ3n) is 2.92. The van der Waals surface area contributed by atoms with Gasteiger partial charge in [0.05, 0.1) is 18.7 Å². The van der Waals surface area contributed by atoms with Gasteiger partial charge in [0.1, 0.15) is 0 Å². The molecule has 0 radical (unpaired) electrons. The lowest BCUT2D eigenvalue weighted by molar-refractivity contribution is -0.142. The summed E-state index contributed by atoms with van der Waals surface area (Å²) in [7, 11) is 1.39. The minimum absolute atomic E-state index is 0.232. The van der Waals surface area contributed by atoms with Crippen molar-refractivity contribution in [3.63, 3.8) is 0 Å². The van der Waals surface area contributed by atoms with Gasteiger partial charge in [-0.2, -0.15) is 0 Å². The SMILES string of the molecule is COC(=O)C1CC/C(=N/O)c2ccccc21. The number of rotatable bonds is 1. The zero-order valence-corrected chi connectivity index (χ0v) is 9.01. The average Bonchev–Trinajstić information content (AvgIpc) is 2.36. The minimum Gasteiger partial charge on any atom is -0.469 e. The Kier molecular flexibility index (Phi) is 2.90. The van der Waals surface area contributed by atoms with Gasteiger partial charge in [-0.15, -0.1) is 0 Å². The molecule has 0 spiro atoms. The summed E-state index contributed by atoms with van der Waals surface area (Å²) < 4.78 is 4.77. The van der Waals surface area contributed by atoms with Crippen molar-refractivity contribution in [3.05, 3.63) is 35.4 Å². The van der Waals surface area contributed by atoms with E-state index < -0.39 is 0 Å². The molecule has 1 atom stereocenters. The molecule has 0 aliphatic heterocycles. The van der Waals surface area contributed by atoms with Crippen molar-refractivity contribution >= 4 is 11.7 Å². The first-order chi connectivity index (χ1) is 7.77. The van der Waals surface area contributed by atoms with Crippen molar-refractivity contribution in [2.75, 3.05) is 7.11 Å². The van der Waals surface area contributed by atoms with E-state index in [-0.39, 0.29) is 11.9 Å². The number of ether oxygens (including phenoxy) is 1. The van der Waals surface area contributed by atoms with Gasteiger partial charge in [0, 0.05) is 5.56 Å². The van der Waals surface area contributed by atoms with Gasteiger partial charge in [0.25, 0.3) is 0 Å². The van der Waals surface area contributed by atoms with Gasteiger partial charge in [-0.25, -0.2) is 0 Å². The van der Waals surface area contributed by atoms with E-state index in [0.717, 1.165) is 11.1 Å². The molecular formula is C12H13NO3. The lowest BCUT2D eigenvalue weighted by Gasteiger charge is -2.23. The van der Waals surface area contributed by atoms with Crippen LogP contribution >= 0.6 is 0 Å². The zero-order chi connectivity index (χ0) is 11.5. The summed E-state index contributed by atoms with van der Waals surface area (Å²) in [6.45, 7) is 0. The number of hydrogen-bond acceptors (Lipinski definition) is 4. The Morgan fingerprint density at radius 1 is 1.50 bits per heavy atom. The van der Waals surface area contributed by atoms with E-state index in [4.69, 9.17) is 9.94 Å². The predicted molar refractivity (Wildman–Crippen MR) is 58.8 cm³/mol. The Bertz CT molecular complexity index is 440. The Morgan fingerprint density at radius 3 is 2.94 bits per heavy atom. The first-order valence-electron chi connectivity index (χ1n) is 5.16. The molecule has 1 unspecified atom stereocenters. The van der Waals surface area contributed by atoms with Crippen molar-refractivity contribution in [2.24, 2.45) is 5.16 Å². The number of fused-ring (bicyclic) bond motifs is 1. The molecule has 0 heterocycles. The lowest BCUT2D eigenvalue weighted by atomic mass is 9.82. The zero-order valence-electron chi connectivity index (χ0n) is 9.01. The van der Waals surface area contributed by atoms with Crippen LogP contribution in [0.3, 0.4) is 0 Å². The van der Waals surface area contributed by atoms with Crippen molar-refractivity contribution in [1.82, 2.24) is 0 Å². The Labute approximate surface area is 93.5 Å². The number of methoxy groups -OCH3 is 1. The van der Waals surface area contributed by atoms with E-state index in [1.54, 1.807) is 0 Å². The Balaban J connectivity index is 2.47. The second kappa shape index (κ2) is 4.35. The van der Waals surface area contributed by atoms with Crippen molar-refractivity contribution < 1.29 is 14.7 Å². The maximum atomic E-state index is 11.6. The largest absolute Gasteiger partial charge is 0.469 e. The summed E-state index contributed by atoms with van der Waals surface area (Å²) in [5, 5.41) is 12.2. The lowest BCUT2D eigenvalue weighted by Crippen LogP contribution is -2.23. The van der Waals surface area contributed by atoms with E-state index in [1.165, 1.54) is 7.11 Å². The van der Waals surface area contributed by atoms with Crippen molar-refractivity contribution in [2.45, 2.75) is 18.8 Å². The Morgan fingerprint density at radius 2 is 2.25 bits per heavy atom. The smallest absolute Gasteiger partial charge is 0.313 e. The van der Waals surface area contributed by atoms with Gasteiger partial charge in [-0.1, -0.05) is 29.4 Å². The number of benzene rings is 1. The molecule has 16 heavy (non-hydrogen) atoms. The summed E-state index contributed by atoms with van der Waals surface area (Å²) in [4.78, 5) is 11.6. The average molecular weight is 219 g/mol. The van der Waals surface area contributed by atoms with E-state index >= 15 is 0 Å². The van der Waals surface area contributed by atoms with Crippen molar-refractivity contribution in [3.8, 4) is 0 Å². The van der Waals surface area contributed by atoms with Crippen LogP contribution in [0.1, 0.15) is 29.9 Å². The standard InChI is InChI=1S/C12H13NO3/c1-16-12(14)10-6-7-11(13-15)9-5-3-2-4-8(9)10/h2-5,10,15H,6-7H2,1H3/b13-11-. The van der Waals surface area contributed by atoms with Crippen LogP contribution in [0.5, 0.6) is 0 Å². The molecule has 0 saturated carbocycles. The van der Waals surface area contributed by atoms with Crippen LogP contribution in [0.25, 0.3) is 0 Å². The quantitative estimate of drug-likeness (QED) is 0.446.